The van der Waals surface area contributed by atoms with Crippen LogP contribution in [0, 0.1) is 50.2 Å². The summed E-state index contributed by atoms with van der Waals surface area (Å²) < 4.78 is 41.0. The molecule has 3 aliphatic heterocycles. The van der Waals surface area contributed by atoms with E-state index >= 15 is 0 Å². The first-order valence-corrected chi connectivity index (χ1v) is 24.7. The first-order chi connectivity index (χ1) is 31.8. The summed E-state index contributed by atoms with van der Waals surface area (Å²) in [4.78, 5) is 27.6. The smallest absolute Gasteiger partial charge is 0.337 e. The predicted octanol–water partition coefficient (Wildman–Crippen LogP) is 0.321. The van der Waals surface area contributed by atoms with Crippen molar-refractivity contribution < 1.29 is 93.8 Å². The summed E-state index contributed by atoms with van der Waals surface area (Å²) in [7, 11) is 1.12. The summed E-state index contributed by atoms with van der Waals surface area (Å²) in [6, 6.07) is 0. The van der Waals surface area contributed by atoms with E-state index in [1.807, 2.05) is 0 Å². The molecule has 4 saturated carbocycles. The Morgan fingerprint density at radius 1 is 0.647 bits per heavy atom. The van der Waals surface area contributed by atoms with Gasteiger partial charge in [0.15, 0.2) is 18.7 Å². The minimum absolute atomic E-state index is 0.0770. The molecule has 7 fully saturated rings. The molecule has 19 nitrogen and oxygen atoms in total. The van der Waals surface area contributed by atoms with Gasteiger partial charge in [-0.3, -0.25) is 4.79 Å². The first kappa shape index (κ1) is 52.4. The van der Waals surface area contributed by atoms with Crippen molar-refractivity contribution in [2.75, 3.05) is 20.3 Å². The van der Waals surface area contributed by atoms with Gasteiger partial charge in [0.1, 0.15) is 67.1 Å². The Balaban J connectivity index is 1.05. The molecule has 0 amide bonds. The van der Waals surface area contributed by atoms with Crippen LogP contribution in [0.4, 0.5) is 0 Å². The van der Waals surface area contributed by atoms with Crippen molar-refractivity contribution in [3.05, 3.63) is 11.6 Å². The molecule has 0 aromatic heterocycles. The number of fused-ring (bicyclic) bond motifs is 7. The third-order valence-electron chi connectivity index (χ3n) is 19.5. The van der Waals surface area contributed by atoms with Crippen LogP contribution in [0.15, 0.2) is 11.6 Å². The van der Waals surface area contributed by atoms with Gasteiger partial charge >= 0.3 is 11.9 Å². The van der Waals surface area contributed by atoms with Crippen molar-refractivity contribution >= 4 is 11.9 Å². The fraction of sp³-hybridized carbons (Fsp3) is 0.918. The number of rotatable bonds is 9. The van der Waals surface area contributed by atoms with Gasteiger partial charge < -0.3 is 84.2 Å². The number of hydrogen-bond donors (Lipinski definition) is 10. The van der Waals surface area contributed by atoms with E-state index in [2.05, 4.69) is 54.5 Å². The molecule has 19 heteroatoms. The molecule has 388 valence electrons. The fourth-order valence-electron chi connectivity index (χ4n) is 15.1. The molecule has 0 aromatic rings. The molecule has 3 heterocycles. The highest BCUT2D eigenvalue weighted by molar-refractivity contribution is 5.79. The molecule has 8 aliphatic rings. The van der Waals surface area contributed by atoms with Crippen molar-refractivity contribution in [3.63, 3.8) is 0 Å². The average Bonchev–Trinajstić information content (AvgIpc) is 3.29. The van der Waals surface area contributed by atoms with Gasteiger partial charge in [-0.05, 0) is 109 Å². The second kappa shape index (κ2) is 18.5. The highest BCUT2D eigenvalue weighted by Crippen LogP contribution is 2.76. The van der Waals surface area contributed by atoms with Gasteiger partial charge in [0, 0.05) is 0 Å². The lowest BCUT2D eigenvalue weighted by Crippen LogP contribution is -2.67. The lowest BCUT2D eigenvalue weighted by molar-refractivity contribution is -0.374. The van der Waals surface area contributed by atoms with Gasteiger partial charge in [-0.1, -0.05) is 60.1 Å². The van der Waals surface area contributed by atoms with Crippen LogP contribution < -0.4 is 0 Å². The highest BCUT2D eigenvalue weighted by Gasteiger charge is 2.70. The molecule has 0 radical (unpaired) electrons. The Labute approximate surface area is 398 Å². The van der Waals surface area contributed by atoms with E-state index in [4.69, 9.17) is 33.2 Å². The van der Waals surface area contributed by atoms with Gasteiger partial charge in [0.05, 0.1) is 31.8 Å². The van der Waals surface area contributed by atoms with Crippen LogP contribution in [0.25, 0.3) is 0 Å². The van der Waals surface area contributed by atoms with Crippen LogP contribution >= 0.6 is 0 Å². The molecule has 8 rings (SSSR count). The number of aliphatic hydroxyl groups excluding tert-OH is 10. The van der Waals surface area contributed by atoms with Gasteiger partial charge in [-0.25, -0.2) is 4.79 Å². The molecular formula is C49H78O19. The molecule has 68 heavy (non-hydrogen) atoms. The maximum atomic E-state index is 14.7. The van der Waals surface area contributed by atoms with Crippen molar-refractivity contribution in [2.24, 2.45) is 50.2 Å². The summed E-state index contributed by atoms with van der Waals surface area (Å²) in [5, 5.41) is 106. The predicted molar refractivity (Wildman–Crippen MR) is 235 cm³/mol. The van der Waals surface area contributed by atoms with Crippen LogP contribution in [0.1, 0.15) is 113 Å². The molecule has 5 aliphatic carbocycles. The SMILES string of the molecule is COC(=O)[C@H]1O[C@@H](O[C@H]2CC[C@]3(C)[C@H]4CC=C5[C@@H]6CC(C)(C)CC[C@]6(C(=O)O[C@@H]6O[C@H](CO)[C@H](O)[C@H](O)[C@H]6O)CC[C@@]5(C)[C@]4(C)CC[C@H]3C2(C)C)[C@H](O[C@@H]2O[C@H](CO)[C@H](O)[C@H](O)[C@H]2O)[C@@H](O)[C@@H]1O. The van der Waals surface area contributed by atoms with Crippen LogP contribution in [0.3, 0.4) is 0 Å². The maximum absolute atomic E-state index is 14.7. The molecule has 0 aromatic carbocycles. The quantitative estimate of drug-likeness (QED) is 0.0846. The second-order valence-corrected chi connectivity index (χ2v) is 23.7. The molecular weight excluding hydrogens is 893 g/mol. The molecule has 0 spiro atoms. The first-order valence-electron chi connectivity index (χ1n) is 24.7. The van der Waals surface area contributed by atoms with Gasteiger partial charge in [-0.2, -0.15) is 0 Å². The zero-order chi connectivity index (χ0) is 49.8. The van der Waals surface area contributed by atoms with Crippen molar-refractivity contribution in [1.82, 2.24) is 0 Å². The van der Waals surface area contributed by atoms with Crippen LogP contribution in [-0.2, 0) is 42.7 Å². The number of allylic oxidation sites excluding steroid dienone is 2. The Morgan fingerprint density at radius 3 is 1.87 bits per heavy atom. The topological polar surface area (TPSA) is 301 Å². The molecule has 0 unspecified atom stereocenters. The summed E-state index contributed by atoms with van der Waals surface area (Å²) in [6.45, 7) is 14.6. The summed E-state index contributed by atoms with van der Waals surface area (Å²) >= 11 is 0. The molecule has 3 saturated heterocycles. The lowest BCUT2D eigenvalue weighted by Gasteiger charge is -2.71. The van der Waals surface area contributed by atoms with E-state index in [0.29, 0.717) is 25.7 Å². The normalized spacial score (nSPS) is 52.0. The van der Waals surface area contributed by atoms with E-state index in [1.165, 1.54) is 5.57 Å². The van der Waals surface area contributed by atoms with Crippen LogP contribution in [0.5, 0.6) is 0 Å². The minimum atomic E-state index is -1.85. The van der Waals surface area contributed by atoms with Crippen LogP contribution in [0.2, 0.25) is 0 Å². The van der Waals surface area contributed by atoms with Crippen LogP contribution in [-0.4, -0.2) is 182 Å². The highest BCUT2D eigenvalue weighted by atomic mass is 16.8. The Morgan fingerprint density at radius 2 is 1.25 bits per heavy atom. The molecule has 23 atom stereocenters. The Bertz CT molecular complexity index is 1890. The summed E-state index contributed by atoms with van der Waals surface area (Å²) in [5.74, 6) is -1.30. The van der Waals surface area contributed by atoms with E-state index in [-0.39, 0.29) is 39.4 Å². The lowest BCUT2D eigenvalue weighted by atomic mass is 9.33. The average molecular weight is 971 g/mol. The number of aliphatic hydroxyl groups is 10. The van der Waals surface area contributed by atoms with E-state index < -0.39 is 134 Å². The summed E-state index contributed by atoms with van der Waals surface area (Å²) in [5.41, 5.74) is -0.950. The zero-order valence-corrected chi connectivity index (χ0v) is 40.7. The number of esters is 2. The van der Waals surface area contributed by atoms with E-state index in [1.54, 1.807) is 0 Å². The maximum Gasteiger partial charge on any atom is 0.337 e. The fourth-order valence-corrected chi connectivity index (χ4v) is 15.1. The molecule has 0 bridgehead atoms. The minimum Gasteiger partial charge on any atom is -0.467 e. The largest absolute Gasteiger partial charge is 0.467 e. The second-order valence-electron chi connectivity index (χ2n) is 23.7. The third kappa shape index (κ3) is 8.13. The van der Waals surface area contributed by atoms with Crippen molar-refractivity contribution in [1.29, 1.82) is 0 Å². The number of carbonyl (C=O) groups excluding carboxylic acids is 2. The van der Waals surface area contributed by atoms with Crippen molar-refractivity contribution in [3.8, 4) is 0 Å². The van der Waals surface area contributed by atoms with E-state index in [0.717, 1.165) is 45.6 Å². The monoisotopic (exact) mass is 971 g/mol. The van der Waals surface area contributed by atoms with Crippen molar-refractivity contribution in [2.45, 2.75) is 211 Å². The van der Waals surface area contributed by atoms with Gasteiger partial charge in [0.2, 0.25) is 6.29 Å². The number of methoxy groups -OCH3 is 1. The van der Waals surface area contributed by atoms with Gasteiger partial charge in [-0.15, -0.1) is 0 Å². The third-order valence-corrected chi connectivity index (χ3v) is 19.5. The zero-order valence-electron chi connectivity index (χ0n) is 40.7. The number of ether oxygens (including phenoxy) is 7. The summed E-state index contributed by atoms with van der Waals surface area (Å²) in [6.07, 6.45) is -15.5. The Kier molecular flexibility index (Phi) is 14.3. The van der Waals surface area contributed by atoms with E-state index in [9.17, 15) is 60.7 Å². The Hall–Kier alpha value is -1.92. The number of carbonyl (C=O) groups is 2. The number of hydrogen-bond acceptors (Lipinski definition) is 19. The van der Waals surface area contributed by atoms with Gasteiger partial charge in [0.25, 0.3) is 0 Å². The molecule has 10 N–H and O–H groups in total. The standard InChI is InChI=1S/C49H78O19/c1-44(2)15-17-49(43(61)68-41-36(59)32(55)30(53)25(21-51)64-41)18-16-47(6)22(23(49)19-44)9-10-27-46(5)13-12-28(45(3,4)26(46)11-14-48(27,47)7)65-42-38(34(57)33(56)37(66-42)39(60)62-8)67-40-35(58)31(54)29(52)24(20-50)63-40/h9,23-38,40-42,50-59H,10-21H2,1-8H3/t23-,24+,25+,26-,27+,28-,29-,30-,31-,32-,33-,34-,35+,36+,37-,38+,40-,41-,42+,46-,47+,48+,49-/m0/s1.